The molecule has 0 aromatic rings. The van der Waals surface area contributed by atoms with E-state index in [1.165, 1.54) is 6.92 Å². The van der Waals surface area contributed by atoms with Gasteiger partial charge in [-0.25, -0.2) is 0 Å². The lowest BCUT2D eigenvalue weighted by molar-refractivity contribution is -0.128. The number of hydrogen-bond acceptors (Lipinski definition) is 7. The summed E-state index contributed by atoms with van der Waals surface area (Å²) < 4.78 is 0. The van der Waals surface area contributed by atoms with Crippen LogP contribution < -0.4 is 38.5 Å². The molecule has 5 amide bonds. The molecule has 0 spiro atoms. The SMILES string of the molecule is C[C@H](N)C(=O)N[C@@H](CCCCNC(=O)CNC(=O)CNC(=O)CN)C(N)=O. The molecule has 27 heavy (non-hydrogen) atoms. The summed E-state index contributed by atoms with van der Waals surface area (Å²) in [7, 11) is 0. The third kappa shape index (κ3) is 12.3. The number of carbonyl (C=O) groups is 5. The molecule has 0 rings (SSSR count). The number of nitrogens with two attached hydrogens (primary N) is 3. The summed E-state index contributed by atoms with van der Waals surface area (Å²) in [4.78, 5) is 56.7. The lowest BCUT2D eigenvalue weighted by atomic mass is 10.1. The van der Waals surface area contributed by atoms with Crippen molar-refractivity contribution in [3.8, 4) is 0 Å². The second-order valence-corrected chi connectivity index (χ2v) is 5.86. The number of primary amides is 1. The largest absolute Gasteiger partial charge is 0.368 e. The normalized spacial score (nSPS) is 12.4. The van der Waals surface area contributed by atoms with Gasteiger partial charge in [0.05, 0.1) is 25.7 Å². The van der Waals surface area contributed by atoms with Crippen molar-refractivity contribution in [2.75, 3.05) is 26.2 Å². The molecule has 0 aliphatic heterocycles. The lowest BCUT2D eigenvalue weighted by Crippen LogP contribution is -2.49. The second-order valence-electron chi connectivity index (χ2n) is 5.86. The second kappa shape index (κ2) is 13.5. The zero-order valence-electron chi connectivity index (χ0n) is 15.4. The first-order chi connectivity index (χ1) is 12.7. The van der Waals surface area contributed by atoms with Gasteiger partial charge in [0.15, 0.2) is 0 Å². The molecule has 12 heteroatoms. The predicted molar refractivity (Wildman–Crippen MR) is 96.7 cm³/mol. The summed E-state index contributed by atoms with van der Waals surface area (Å²) in [5.74, 6) is -2.50. The molecule has 154 valence electrons. The van der Waals surface area contributed by atoms with E-state index < -0.39 is 41.6 Å². The summed E-state index contributed by atoms with van der Waals surface area (Å²) >= 11 is 0. The number of amides is 5. The fourth-order valence-corrected chi connectivity index (χ4v) is 1.84. The number of hydrogen-bond donors (Lipinski definition) is 7. The van der Waals surface area contributed by atoms with E-state index in [0.29, 0.717) is 25.8 Å². The highest BCUT2D eigenvalue weighted by Gasteiger charge is 2.19. The molecule has 0 aromatic heterocycles. The predicted octanol–water partition coefficient (Wildman–Crippen LogP) is -4.22. The van der Waals surface area contributed by atoms with Crippen LogP contribution in [0, 0.1) is 0 Å². The van der Waals surface area contributed by atoms with Crippen molar-refractivity contribution in [1.29, 1.82) is 0 Å². The smallest absolute Gasteiger partial charge is 0.240 e. The molecule has 0 saturated carbocycles. The fraction of sp³-hybridized carbons (Fsp3) is 0.667. The van der Waals surface area contributed by atoms with Crippen molar-refractivity contribution in [3.05, 3.63) is 0 Å². The molecule has 0 aromatic carbocycles. The summed E-state index contributed by atoms with van der Waals surface area (Å²) in [6.07, 6.45) is 1.40. The Morgan fingerprint density at radius 2 is 1.44 bits per heavy atom. The Morgan fingerprint density at radius 1 is 0.889 bits per heavy atom. The molecule has 0 unspecified atom stereocenters. The summed E-state index contributed by atoms with van der Waals surface area (Å²) in [6.45, 7) is 1.11. The van der Waals surface area contributed by atoms with E-state index in [4.69, 9.17) is 17.2 Å². The van der Waals surface area contributed by atoms with Crippen LogP contribution in [0.25, 0.3) is 0 Å². The molecule has 0 heterocycles. The molecule has 10 N–H and O–H groups in total. The van der Waals surface area contributed by atoms with E-state index in [0.717, 1.165) is 0 Å². The summed E-state index contributed by atoms with van der Waals surface area (Å²) in [6, 6.07) is -1.56. The van der Waals surface area contributed by atoms with Crippen LogP contribution in [0.5, 0.6) is 0 Å². The standard InChI is InChI=1S/C15H29N7O5/c1-9(17)15(27)22-10(14(18)26)4-2-3-5-19-12(24)7-21-13(25)8-20-11(23)6-16/h9-10H,2-8,16-17H2,1H3,(H2,18,26)(H,19,24)(H,20,23)(H,21,25)(H,22,27)/t9-,10-/m0/s1. The molecule has 0 saturated heterocycles. The van der Waals surface area contributed by atoms with Gasteiger partial charge in [0.1, 0.15) is 6.04 Å². The zero-order valence-corrected chi connectivity index (χ0v) is 15.4. The van der Waals surface area contributed by atoms with Crippen molar-refractivity contribution >= 4 is 29.5 Å². The van der Waals surface area contributed by atoms with Crippen LogP contribution in [0.15, 0.2) is 0 Å². The topological polar surface area (TPSA) is 212 Å². The van der Waals surface area contributed by atoms with Gasteiger partial charge in [-0.15, -0.1) is 0 Å². The van der Waals surface area contributed by atoms with Crippen LogP contribution >= 0.6 is 0 Å². The van der Waals surface area contributed by atoms with E-state index in [9.17, 15) is 24.0 Å². The van der Waals surface area contributed by atoms with Gasteiger partial charge in [0.25, 0.3) is 0 Å². The first-order valence-electron chi connectivity index (χ1n) is 8.52. The first-order valence-corrected chi connectivity index (χ1v) is 8.52. The molecule has 0 radical (unpaired) electrons. The summed E-state index contributed by atoms with van der Waals surface area (Å²) in [5, 5.41) is 9.67. The van der Waals surface area contributed by atoms with E-state index in [1.54, 1.807) is 0 Å². The molecule has 0 aliphatic rings. The fourth-order valence-electron chi connectivity index (χ4n) is 1.84. The van der Waals surface area contributed by atoms with Crippen molar-refractivity contribution in [1.82, 2.24) is 21.3 Å². The minimum Gasteiger partial charge on any atom is -0.368 e. The van der Waals surface area contributed by atoms with Crippen molar-refractivity contribution < 1.29 is 24.0 Å². The number of nitrogens with one attached hydrogen (secondary N) is 4. The molecule has 0 bridgehead atoms. The lowest BCUT2D eigenvalue weighted by Gasteiger charge is -2.16. The van der Waals surface area contributed by atoms with Gasteiger partial charge in [0.2, 0.25) is 29.5 Å². The minimum atomic E-state index is -0.817. The molecule has 0 aliphatic carbocycles. The first kappa shape index (κ1) is 24.3. The highest BCUT2D eigenvalue weighted by molar-refractivity contribution is 5.89. The quantitative estimate of drug-likeness (QED) is 0.155. The Morgan fingerprint density at radius 3 is 1.96 bits per heavy atom. The van der Waals surface area contributed by atoms with Crippen LogP contribution in [-0.4, -0.2) is 67.8 Å². The maximum Gasteiger partial charge on any atom is 0.240 e. The Kier molecular flexibility index (Phi) is 12.1. The molecular formula is C15H29N7O5. The van der Waals surface area contributed by atoms with Crippen LogP contribution in [0.1, 0.15) is 26.2 Å². The van der Waals surface area contributed by atoms with E-state index in [2.05, 4.69) is 21.3 Å². The van der Waals surface area contributed by atoms with Gasteiger partial charge in [0, 0.05) is 6.54 Å². The number of rotatable bonds is 13. The van der Waals surface area contributed by atoms with Gasteiger partial charge in [-0.3, -0.25) is 24.0 Å². The van der Waals surface area contributed by atoms with Crippen LogP contribution in [-0.2, 0) is 24.0 Å². The average molecular weight is 387 g/mol. The van der Waals surface area contributed by atoms with Gasteiger partial charge >= 0.3 is 0 Å². The van der Waals surface area contributed by atoms with Crippen LogP contribution in [0.2, 0.25) is 0 Å². The monoisotopic (exact) mass is 387 g/mol. The molecule has 12 nitrogen and oxygen atoms in total. The van der Waals surface area contributed by atoms with Crippen molar-refractivity contribution in [2.24, 2.45) is 17.2 Å². The molecule has 2 atom stereocenters. The number of carbonyl (C=O) groups excluding carboxylic acids is 5. The Hall–Kier alpha value is -2.73. The minimum absolute atomic E-state index is 0.223. The van der Waals surface area contributed by atoms with Crippen LogP contribution in [0.3, 0.4) is 0 Å². The van der Waals surface area contributed by atoms with Gasteiger partial charge in [-0.2, -0.15) is 0 Å². The Labute approximate surface area is 157 Å². The molecular weight excluding hydrogens is 358 g/mol. The molecule has 0 fully saturated rings. The highest BCUT2D eigenvalue weighted by atomic mass is 16.2. The van der Waals surface area contributed by atoms with Crippen molar-refractivity contribution in [2.45, 2.75) is 38.3 Å². The van der Waals surface area contributed by atoms with Gasteiger partial charge in [-0.05, 0) is 26.2 Å². The van der Waals surface area contributed by atoms with Crippen molar-refractivity contribution in [3.63, 3.8) is 0 Å². The maximum atomic E-state index is 11.6. The van der Waals surface area contributed by atoms with E-state index >= 15 is 0 Å². The van der Waals surface area contributed by atoms with Gasteiger partial charge < -0.3 is 38.5 Å². The van der Waals surface area contributed by atoms with Gasteiger partial charge in [-0.1, -0.05) is 0 Å². The Bertz CT molecular complexity index is 539. The van der Waals surface area contributed by atoms with E-state index in [-0.39, 0.29) is 19.6 Å². The van der Waals surface area contributed by atoms with Crippen LogP contribution in [0.4, 0.5) is 0 Å². The summed E-state index contributed by atoms with van der Waals surface area (Å²) in [5.41, 5.74) is 15.7. The average Bonchev–Trinajstić information content (AvgIpc) is 2.62. The Balaban J connectivity index is 3.91. The highest BCUT2D eigenvalue weighted by Crippen LogP contribution is 2.00. The number of unbranched alkanes of at least 4 members (excludes halogenated alkanes) is 1. The maximum absolute atomic E-state index is 11.6. The van der Waals surface area contributed by atoms with E-state index in [1.807, 2.05) is 0 Å². The third-order valence-corrected chi connectivity index (χ3v) is 3.39. The zero-order chi connectivity index (χ0) is 20.8. The third-order valence-electron chi connectivity index (χ3n) is 3.39.